The van der Waals surface area contributed by atoms with Gasteiger partial charge in [-0.05, 0) is 70.4 Å². The van der Waals surface area contributed by atoms with E-state index in [2.05, 4.69) is 22.2 Å². The molecule has 2 fully saturated rings. The maximum Gasteiger partial charge on any atom is 0.257 e. The van der Waals surface area contributed by atoms with Crippen molar-refractivity contribution in [3.05, 3.63) is 47.6 Å². The first-order valence-corrected chi connectivity index (χ1v) is 14.3. The Hall–Kier alpha value is -3.34. The van der Waals surface area contributed by atoms with Gasteiger partial charge in [-0.2, -0.15) is 0 Å². The monoisotopic (exact) mass is 548 g/mol. The molecule has 39 heavy (non-hydrogen) atoms. The molecule has 1 saturated carbocycles. The summed E-state index contributed by atoms with van der Waals surface area (Å²) in [5, 5.41) is 4.86. The molecule has 1 aromatic carbocycles. The van der Waals surface area contributed by atoms with Crippen LogP contribution in [0.25, 0.3) is 21.8 Å². The number of likely N-dealkylation sites (tertiary alicyclic amines) is 1. The van der Waals surface area contributed by atoms with E-state index >= 15 is 0 Å². The van der Waals surface area contributed by atoms with Crippen LogP contribution in [0.4, 0.5) is 5.69 Å². The van der Waals surface area contributed by atoms with Crippen LogP contribution < -0.4 is 15.8 Å². The van der Waals surface area contributed by atoms with Crippen molar-refractivity contribution in [3.63, 3.8) is 0 Å². The van der Waals surface area contributed by atoms with Gasteiger partial charge >= 0.3 is 0 Å². The van der Waals surface area contributed by atoms with Crippen molar-refractivity contribution in [3.8, 4) is 27.6 Å². The summed E-state index contributed by atoms with van der Waals surface area (Å²) in [6.07, 6.45) is 8.53. The highest BCUT2D eigenvalue weighted by Gasteiger charge is 2.34. The maximum atomic E-state index is 13.3. The number of carbonyl (C=O) groups excluding carboxylic acids is 2. The Morgan fingerprint density at radius 3 is 2.64 bits per heavy atom. The van der Waals surface area contributed by atoms with E-state index in [1.807, 2.05) is 35.5 Å². The third-order valence-corrected chi connectivity index (χ3v) is 8.87. The van der Waals surface area contributed by atoms with E-state index in [9.17, 15) is 9.59 Å². The van der Waals surface area contributed by atoms with Gasteiger partial charge in [-0.15, -0.1) is 11.3 Å². The number of rotatable bonds is 8. The molecule has 10 heteroatoms. The fourth-order valence-electron chi connectivity index (χ4n) is 5.26. The Bertz CT molecular complexity index is 1350. The Balaban J connectivity index is 1.30. The fourth-order valence-corrected chi connectivity index (χ4v) is 6.05. The van der Waals surface area contributed by atoms with Crippen molar-refractivity contribution in [2.75, 3.05) is 39.6 Å². The molecule has 0 bridgehead atoms. The van der Waals surface area contributed by atoms with Gasteiger partial charge in [0.1, 0.15) is 5.75 Å². The highest BCUT2D eigenvalue weighted by molar-refractivity contribution is 7.14. The molecule has 0 unspecified atom stereocenters. The molecule has 1 saturated heterocycles. The molecule has 3 N–H and O–H groups in total. The summed E-state index contributed by atoms with van der Waals surface area (Å²) in [6.45, 7) is 1.97. The third-order valence-electron chi connectivity index (χ3n) is 7.92. The summed E-state index contributed by atoms with van der Waals surface area (Å²) in [4.78, 5) is 40.0. The quantitative estimate of drug-likeness (QED) is 0.432. The number of anilines is 1. The van der Waals surface area contributed by atoms with Gasteiger partial charge in [0.2, 0.25) is 5.91 Å². The van der Waals surface area contributed by atoms with Crippen LogP contribution in [0, 0.1) is 0 Å². The third kappa shape index (κ3) is 6.13. The van der Waals surface area contributed by atoms with E-state index in [-0.39, 0.29) is 23.4 Å². The van der Waals surface area contributed by atoms with E-state index in [1.165, 1.54) is 11.3 Å². The van der Waals surface area contributed by atoms with E-state index in [0.29, 0.717) is 29.1 Å². The Morgan fingerprint density at radius 2 is 1.95 bits per heavy atom. The molecule has 9 nitrogen and oxygen atoms in total. The number of nitrogens with one attached hydrogen (secondary N) is 1. The van der Waals surface area contributed by atoms with Crippen molar-refractivity contribution >= 4 is 28.8 Å². The number of amides is 2. The Labute approximate surface area is 233 Å². The Morgan fingerprint density at radius 1 is 1.21 bits per heavy atom. The van der Waals surface area contributed by atoms with Crippen LogP contribution >= 0.6 is 11.3 Å². The second-order valence-corrected chi connectivity index (χ2v) is 11.7. The fraction of sp³-hybridized carbons (Fsp3) is 0.448. The van der Waals surface area contributed by atoms with Gasteiger partial charge in [0.05, 0.1) is 47.0 Å². The summed E-state index contributed by atoms with van der Waals surface area (Å²) < 4.78 is 5.63. The molecule has 0 atom stereocenters. The van der Waals surface area contributed by atoms with Crippen LogP contribution in [0.2, 0.25) is 0 Å². The zero-order valence-corrected chi connectivity index (χ0v) is 23.6. The lowest BCUT2D eigenvalue weighted by Crippen LogP contribution is -2.48. The molecule has 2 amide bonds. The molecular weight excluding hydrogens is 512 g/mol. The van der Waals surface area contributed by atoms with Gasteiger partial charge in [0.25, 0.3) is 5.91 Å². The number of carbonyl (C=O) groups is 2. The molecule has 0 radical (unpaired) electrons. The number of nitrogens with zero attached hydrogens (tertiary/aromatic N) is 4. The second-order valence-electron chi connectivity index (χ2n) is 10.8. The van der Waals surface area contributed by atoms with E-state index in [0.717, 1.165) is 61.3 Å². The number of methoxy groups -OCH3 is 1. The van der Waals surface area contributed by atoms with Gasteiger partial charge in [0.15, 0.2) is 0 Å². The predicted molar refractivity (Wildman–Crippen MR) is 154 cm³/mol. The lowest BCUT2D eigenvalue weighted by molar-refractivity contribution is -0.118. The largest absolute Gasteiger partial charge is 0.496 e. The smallest absolute Gasteiger partial charge is 0.257 e. The Kier molecular flexibility index (Phi) is 7.97. The van der Waals surface area contributed by atoms with Crippen molar-refractivity contribution in [1.82, 2.24) is 19.8 Å². The number of thiophene rings is 1. The molecule has 1 aliphatic carbocycles. The molecule has 3 heterocycles. The molecule has 5 rings (SSSR count). The van der Waals surface area contributed by atoms with E-state index in [4.69, 9.17) is 15.5 Å². The second kappa shape index (κ2) is 11.4. The number of ether oxygens (including phenoxy) is 1. The zero-order chi connectivity index (χ0) is 27.6. The standard InChI is InChI=1S/C29H36N6O3S/c1-34-11-7-21(8-12-34)35(2)28(37)22-6-5-19(13-25(22)38-3)23-16-31-17-24(33-23)26-14-20(18-39-26)32-27(36)15-29(30)9-4-10-29/h5-6,13-14,16-18,21H,4,7-12,15,30H2,1-3H3,(H,32,36). The topological polar surface area (TPSA) is 114 Å². The first kappa shape index (κ1) is 27.2. The highest BCUT2D eigenvalue weighted by atomic mass is 32.1. The number of aromatic nitrogens is 2. The molecule has 2 aliphatic rings. The highest BCUT2D eigenvalue weighted by Crippen LogP contribution is 2.34. The van der Waals surface area contributed by atoms with Crippen LogP contribution in [0.3, 0.4) is 0 Å². The summed E-state index contributed by atoms with van der Waals surface area (Å²) in [6, 6.07) is 7.65. The molecule has 3 aromatic rings. The number of benzene rings is 1. The van der Waals surface area contributed by atoms with Crippen LogP contribution in [0.1, 0.15) is 48.9 Å². The van der Waals surface area contributed by atoms with Crippen LogP contribution in [0.5, 0.6) is 5.75 Å². The first-order chi connectivity index (χ1) is 18.7. The summed E-state index contributed by atoms with van der Waals surface area (Å²) >= 11 is 1.49. The minimum absolute atomic E-state index is 0.0428. The SMILES string of the molecule is COc1cc(-c2cncc(-c3cc(NC(=O)CC4(N)CCC4)cs3)n2)ccc1C(=O)N(C)C1CCN(C)CC1. The van der Waals surface area contributed by atoms with E-state index < -0.39 is 0 Å². The molecular formula is C29H36N6O3S. The predicted octanol–water partition coefficient (Wildman–Crippen LogP) is 4.26. The minimum atomic E-state index is -0.355. The van der Waals surface area contributed by atoms with Gasteiger partial charge in [0, 0.05) is 36.0 Å². The van der Waals surface area contributed by atoms with Gasteiger partial charge in [-0.1, -0.05) is 6.07 Å². The van der Waals surface area contributed by atoms with Crippen LogP contribution in [-0.4, -0.2) is 77.5 Å². The lowest BCUT2D eigenvalue weighted by Gasteiger charge is -2.37. The summed E-state index contributed by atoms with van der Waals surface area (Å²) in [7, 11) is 5.56. The summed E-state index contributed by atoms with van der Waals surface area (Å²) in [5.74, 6) is 0.401. The average molecular weight is 549 g/mol. The van der Waals surface area contributed by atoms with Crippen molar-refractivity contribution in [2.24, 2.45) is 5.73 Å². The number of nitrogens with two attached hydrogens (primary N) is 1. The number of hydrogen-bond acceptors (Lipinski definition) is 8. The summed E-state index contributed by atoms with van der Waals surface area (Å²) in [5.41, 5.74) is 9.30. The van der Waals surface area contributed by atoms with Crippen LogP contribution in [-0.2, 0) is 4.79 Å². The van der Waals surface area contributed by atoms with E-state index in [1.54, 1.807) is 25.6 Å². The minimum Gasteiger partial charge on any atom is -0.496 e. The molecule has 206 valence electrons. The molecule has 0 spiro atoms. The van der Waals surface area contributed by atoms with Crippen molar-refractivity contribution in [2.45, 2.75) is 50.1 Å². The van der Waals surface area contributed by atoms with Gasteiger partial charge in [-0.3, -0.25) is 14.6 Å². The lowest BCUT2D eigenvalue weighted by atomic mass is 9.75. The molecule has 1 aliphatic heterocycles. The normalized spacial score (nSPS) is 17.3. The van der Waals surface area contributed by atoms with Gasteiger partial charge in [-0.25, -0.2) is 4.98 Å². The average Bonchev–Trinajstić information content (AvgIpc) is 3.39. The van der Waals surface area contributed by atoms with Crippen LogP contribution in [0.15, 0.2) is 42.0 Å². The maximum absolute atomic E-state index is 13.3. The van der Waals surface area contributed by atoms with Gasteiger partial charge < -0.3 is 25.6 Å². The first-order valence-electron chi connectivity index (χ1n) is 13.4. The molecule has 2 aromatic heterocycles. The number of piperidine rings is 1. The number of hydrogen-bond donors (Lipinski definition) is 2. The van der Waals surface area contributed by atoms with Crippen molar-refractivity contribution in [1.29, 1.82) is 0 Å². The van der Waals surface area contributed by atoms with Crippen molar-refractivity contribution < 1.29 is 14.3 Å². The zero-order valence-electron chi connectivity index (χ0n) is 22.8.